The van der Waals surface area contributed by atoms with Crippen LogP contribution in [0.4, 0.5) is 18.3 Å². The Morgan fingerprint density at radius 2 is 2.14 bits per heavy atom. The second-order valence-electron chi connectivity index (χ2n) is 5.75. The average molecular weight is 314 g/mol. The zero-order valence-corrected chi connectivity index (χ0v) is 12.5. The van der Waals surface area contributed by atoms with Gasteiger partial charge in [-0.05, 0) is 36.5 Å². The highest BCUT2D eigenvalue weighted by Gasteiger charge is 2.30. The molecular formula is C15H17F3N2S. The summed E-state index contributed by atoms with van der Waals surface area (Å²) in [6.07, 6.45) is -0.564. The number of halogens is 3. The van der Waals surface area contributed by atoms with Gasteiger partial charge in [-0.1, -0.05) is 31.1 Å². The van der Waals surface area contributed by atoms with Crippen molar-refractivity contribution in [3.05, 3.63) is 23.8 Å². The summed E-state index contributed by atoms with van der Waals surface area (Å²) in [5, 5.41) is 4.00. The van der Waals surface area contributed by atoms with E-state index in [0.29, 0.717) is 22.5 Å². The van der Waals surface area contributed by atoms with Crippen molar-refractivity contribution in [2.75, 3.05) is 11.9 Å². The van der Waals surface area contributed by atoms with Crippen molar-refractivity contribution >= 4 is 26.7 Å². The molecule has 0 radical (unpaired) electrons. The van der Waals surface area contributed by atoms with Crippen LogP contribution in [0.3, 0.4) is 0 Å². The summed E-state index contributed by atoms with van der Waals surface area (Å²) in [6, 6.07) is 3.73. The molecule has 1 fully saturated rings. The monoisotopic (exact) mass is 314 g/mol. The van der Waals surface area contributed by atoms with E-state index in [4.69, 9.17) is 0 Å². The van der Waals surface area contributed by atoms with Crippen LogP contribution in [0.1, 0.15) is 31.7 Å². The van der Waals surface area contributed by atoms with E-state index in [1.165, 1.54) is 36.7 Å². The van der Waals surface area contributed by atoms with Gasteiger partial charge in [-0.3, -0.25) is 0 Å². The molecule has 0 aliphatic heterocycles. The molecule has 2 aromatic rings. The normalized spacial score (nSPS) is 22.9. The lowest BCUT2D eigenvalue weighted by atomic mass is 9.98. The smallest absolute Gasteiger partial charge is 0.361 e. The minimum Gasteiger partial charge on any atom is -0.361 e. The lowest BCUT2D eigenvalue weighted by Crippen LogP contribution is -2.16. The van der Waals surface area contributed by atoms with Crippen LogP contribution in [0, 0.1) is 11.8 Å². The number of fused-ring (bicyclic) bond motifs is 1. The quantitative estimate of drug-likeness (QED) is 0.846. The van der Waals surface area contributed by atoms with E-state index in [-0.39, 0.29) is 0 Å². The maximum Gasteiger partial charge on any atom is 0.416 e. The molecule has 1 aliphatic carbocycles. The highest BCUT2D eigenvalue weighted by atomic mass is 32.1. The molecule has 114 valence electrons. The molecule has 2 unspecified atom stereocenters. The molecule has 1 saturated carbocycles. The SMILES string of the molecule is CC1CCCC1CNc1nc2cc(C(F)(F)F)ccc2s1. The van der Waals surface area contributed by atoms with E-state index in [2.05, 4.69) is 17.2 Å². The average Bonchev–Trinajstić information content (AvgIpc) is 2.99. The van der Waals surface area contributed by atoms with Gasteiger partial charge in [0.15, 0.2) is 5.13 Å². The summed E-state index contributed by atoms with van der Waals surface area (Å²) < 4.78 is 38.8. The molecule has 1 aliphatic rings. The van der Waals surface area contributed by atoms with Crippen LogP contribution in [-0.4, -0.2) is 11.5 Å². The third-order valence-corrected chi connectivity index (χ3v) is 5.26. The van der Waals surface area contributed by atoms with Crippen LogP contribution in [0.25, 0.3) is 10.2 Å². The van der Waals surface area contributed by atoms with Gasteiger partial charge in [0.25, 0.3) is 0 Å². The number of thiazole rings is 1. The number of anilines is 1. The van der Waals surface area contributed by atoms with Crippen molar-refractivity contribution in [2.24, 2.45) is 11.8 Å². The first-order valence-corrected chi connectivity index (χ1v) is 7.97. The minimum absolute atomic E-state index is 0.414. The lowest BCUT2D eigenvalue weighted by Gasteiger charge is -2.15. The zero-order valence-electron chi connectivity index (χ0n) is 11.7. The lowest BCUT2D eigenvalue weighted by molar-refractivity contribution is -0.137. The predicted molar refractivity (Wildman–Crippen MR) is 79.6 cm³/mol. The van der Waals surface area contributed by atoms with Crippen molar-refractivity contribution in [2.45, 2.75) is 32.4 Å². The molecule has 1 aromatic carbocycles. The van der Waals surface area contributed by atoms with Crippen molar-refractivity contribution < 1.29 is 13.2 Å². The summed E-state index contributed by atoms with van der Waals surface area (Å²) in [5.74, 6) is 1.35. The van der Waals surface area contributed by atoms with Gasteiger partial charge in [-0.25, -0.2) is 4.98 Å². The molecule has 3 rings (SSSR count). The molecule has 1 heterocycles. The van der Waals surface area contributed by atoms with Crippen LogP contribution in [0.2, 0.25) is 0 Å². The molecule has 0 spiro atoms. The highest BCUT2D eigenvalue weighted by molar-refractivity contribution is 7.22. The van der Waals surface area contributed by atoms with E-state index in [1.54, 1.807) is 0 Å². The van der Waals surface area contributed by atoms with Crippen LogP contribution >= 0.6 is 11.3 Å². The zero-order chi connectivity index (χ0) is 15.0. The Hall–Kier alpha value is -1.30. The molecule has 1 aromatic heterocycles. The fourth-order valence-corrected chi connectivity index (χ4v) is 3.78. The molecule has 2 nitrogen and oxygen atoms in total. The van der Waals surface area contributed by atoms with Crippen LogP contribution in [0.15, 0.2) is 18.2 Å². The van der Waals surface area contributed by atoms with Gasteiger partial charge in [0.05, 0.1) is 15.8 Å². The first kappa shape index (κ1) is 14.6. The first-order valence-electron chi connectivity index (χ1n) is 7.15. The van der Waals surface area contributed by atoms with Crippen LogP contribution in [0.5, 0.6) is 0 Å². The number of aromatic nitrogens is 1. The summed E-state index contributed by atoms with van der Waals surface area (Å²) >= 11 is 1.41. The van der Waals surface area contributed by atoms with E-state index in [1.807, 2.05) is 0 Å². The summed E-state index contributed by atoms with van der Waals surface area (Å²) in [6.45, 7) is 3.11. The number of hydrogen-bond acceptors (Lipinski definition) is 3. The number of benzene rings is 1. The largest absolute Gasteiger partial charge is 0.416 e. The Labute approximate surface area is 125 Å². The fraction of sp³-hybridized carbons (Fsp3) is 0.533. The van der Waals surface area contributed by atoms with Gasteiger partial charge in [0, 0.05) is 6.54 Å². The maximum absolute atomic E-state index is 12.7. The fourth-order valence-electron chi connectivity index (χ4n) is 2.92. The van der Waals surface area contributed by atoms with Crippen molar-refractivity contribution in [1.82, 2.24) is 4.98 Å². The molecule has 6 heteroatoms. The second-order valence-corrected chi connectivity index (χ2v) is 6.78. The predicted octanol–water partition coefficient (Wildman–Crippen LogP) is 5.16. The van der Waals surface area contributed by atoms with Crippen LogP contribution in [-0.2, 0) is 6.18 Å². The Bertz CT molecular complexity index is 635. The van der Waals surface area contributed by atoms with Gasteiger partial charge in [-0.2, -0.15) is 13.2 Å². The number of rotatable bonds is 3. The molecule has 0 amide bonds. The van der Waals surface area contributed by atoms with E-state index >= 15 is 0 Å². The summed E-state index contributed by atoms with van der Waals surface area (Å²) in [7, 11) is 0. The minimum atomic E-state index is -4.31. The van der Waals surface area contributed by atoms with E-state index < -0.39 is 11.7 Å². The summed E-state index contributed by atoms with van der Waals surface area (Å²) in [5.41, 5.74) is -0.229. The van der Waals surface area contributed by atoms with Crippen molar-refractivity contribution in [3.63, 3.8) is 0 Å². The van der Waals surface area contributed by atoms with Gasteiger partial charge < -0.3 is 5.32 Å². The standard InChI is InChI=1S/C15H17F3N2S/c1-9-3-2-4-10(9)8-19-14-20-12-7-11(15(16,17)18)5-6-13(12)21-14/h5-7,9-10H,2-4,8H2,1H3,(H,19,20). The second kappa shape index (κ2) is 5.48. The Morgan fingerprint density at radius 3 is 2.81 bits per heavy atom. The van der Waals surface area contributed by atoms with Crippen LogP contribution < -0.4 is 5.32 Å². The number of alkyl halides is 3. The molecular weight excluding hydrogens is 297 g/mol. The third kappa shape index (κ3) is 3.15. The molecule has 1 N–H and O–H groups in total. The van der Waals surface area contributed by atoms with Crippen molar-refractivity contribution in [3.8, 4) is 0 Å². The number of nitrogens with zero attached hydrogens (tertiary/aromatic N) is 1. The van der Waals surface area contributed by atoms with Gasteiger partial charge in [0.2, 0.25) is 0 Å². The topological polar surface area (TPSA) is 24.9 Å². The maximum atomic E-state index is 12.7. The van der Waals surface area contributed by atoms with Gasteiger partial charge >= 0.3 is 6.18 Å². The summed E-state index contributed by atoms with van der Waals surface area (Å²) in [4.78, 5) is 4.28. The Morgan fingerprint density at radius 1 is 1.33 bits per heavy atom. The number of nitrogens with one attached hydrogen (secondary N) is 1. The van der Waals surface area contributed by atoms with Crippen molar-refractivity contribution in [1.29, 1.82) is 0 Å². The van der Waals surface area contributed by atoms with E-state index in [0.717, 1.165) is 23.4 Å². The molecule has 0 saturated heterocycles. The van der Waals surface area contributed by atoms with Gasteiger partial charge in [0.1, 0.15) is 0 Å². The Balaban J connectivity index is 1.75. The third-order valence-electron chi connectivity index (χ3n) is 4.27. The molecule has 0 bridgehead atoms. The van der Waals surface area contributed by atoms with E-state index in [9.17, 15) is 13.2 Å². The van der Waals surface area contributed by atoms with Gasteiger partial charge in [-0.15, -0.1) is 0 Å². The molecule has 21 heavy (non-hydrogen) atoms. The Kier molecular flexibility index (Phi) is 3.82. The highest BCUT2D eigenvalue weighted by Crippen LogP contribution is 2.35. The number of hydrogen-bond donors (Lipinski definition) is 1. The first-order chi connectivity index (χ1) is 9.93. The molecule has 2 atom stereocenters.